The summed E-state index contributed by atoms with van der Waals surface area (Å²) in [5.41, 5.74) is 6.02. The zero-order chi connectivity index (χ0) is 13.8. The zero-order valence-electron chi connectivity index (χ0n) is 11.8. The maximum Gasteiger partial charge on any atom is 0.265 e. The number of hydrogen-bond acceptors (Lipinski definition) is 4. The Morgan fingerprint density at radius 3 is 3.11 bits per heavy atom. The minimum Gasteiger partial charge on any atom is -0.333 e. The largest absolute Gasteiger partial charge is 0.333 e. The van der Waals surface area contributed by atoms with Crippen molar-refractivity contribution < 1.29 is 4.79 Å². The van der Waals surface area contributed by atoms with Crippen molar-refractivity contribution >= 4 is 17.2 Å². The van der Waals surface area contributed by atoms with E-state index in [1.807, 2.05) is 11.8 Å². The molecule has 0 spiro atoms. The summed E-state index contributed by atoms with van der Waals surface area (Å²) in [4.78, 5) is 19.6. The lowest BCUT2D eigenvalue weighted by Crippen LogP contribution is -2.51. The Hall–Kier alpha value is -0.940. The highest BCUT2D eigenvalue weighted by Crippen LogP contribution is 2.24. The molecule has 1 aromatic heterocycles. The second-order valence-electron chi connectivity index (χ2n) is 5.29. The molecule has 0 bridgehead atoms. The van der Waals surface area contributed by atoms with Crippen molar-refractivity contribution in [1.29, 1.82) is 0 Å². The summed E-state index contributed by atoms with van der Waals surface area (Å²) in [5, 5.41) is 1.06. The number of thiazole rings is 1. The van der Waals surface area contributed by atoms with Crippen LogP contribution in [-0.2, 0) is 6.42 Å². The number of hydrogen-bond donors (Lipinski definition) is 1. The first-order valence-electron chi connectivity index (χ1n) is 7.14. The van der Waals surface area contributed by atoms with E-state index in [9.17, 15) is 4.79 Å². The highest BCUT2D eigenvalue weighted by atomic mass is 32.1. The monoisotopic (exact) mass is 281 g/mol. The number of aromatic nitrogens is 1. The smallest absolute Gasteiger partial charge is 0.265 e. The minimum absolute atomic E-state index is 0.0345. The first-order valence-corrected chi connectivity index (χ1v) is 7.96. The normalized spacial score (nSPS) is 21.4. The molecule has 2 N–H and O–H groups in total. The second-order valence-corrected chi connectivity index (χ2v) is 6.40. The van der Waals surface area contributed by atoms with Crippen LogP contribution in [0.5, 0.6) is 0 Å². The van der Waals surface area contributed by atoms with E-state index in [-0.39, 0.29) is 18.0 Å². The van der Waals surface area contributed by atoms with Crippen molar-refractivity contribution in [3.8, 4) is 0 Å². The molecule has 2 rings (SSSR count). The number of nitrogens with two attached hydrogens (primary N) is 1. The zero-order valence-corrected chi connectivity index (χ0v) is 12.6. The van der Waals surface area contributed by atoms with Crippen LogP contribution in [0.3, 0.4) is 0 Å². The van der Waals surface area contributed by atoms with Crippen LogP contribution in [0.4, 0.5) is 0 Å². The molecule has 1 fully saturated rings. The molecule has 2 unspecified atom stereocenters. The Balaban J connectivity index is 2.11. The molecule has 1 aromatic rings. The minimum atomic E-state index is 0.0345. The van der Waals surface area contributed by atoms with Gasteiger partial charge in [0.1, 0.15) is 4.88 Å². The van der Waals surface area contributed by atoms with Crippen LogP contribution in [0.15, 0.2) is 6.20 Å². The van der Waals surface area contributed by atoms with Gasteiger partial charge < -0.3 is 10.6 Å². The van der Waals surface area contributed by atoms with E-state index in [0.717, 1.165) is 42.1 Å². The number of amides is 1. The molecule has 19 heavy (non-hydrogen) atoms. The van der Waals surface area contributed by atoms with Gasteiger partial charge in [-0.3, -0.25) is 4.79 Å². The van der Waals surface area contributed by atoms with Gasteiger partial charge in [-0.15, -0.1) is 11.3 Å². The van der Waals surface area contributed by atoms with Crippen LogP contribution in [0, 0.1) is 0 Å². The molecule has 2 heterocycles. The van der Waals surface area contributed by atoms with Crippen molar-refractivity contribution in [2.45, 2.75) is 58.0 Å². The average molecular weight is 281 g/mol. The summed E-state index contributed by atoms with van der Waals surface area (Å²) < 4.78 is 0. The first-order chi connectivity index (χ1) is 9.13. The lowest BCUT2D eigenvalue weighted by Gasteiger charge is -2.37. The van der Waals surface area contributed by atoms with Gasteiger partial charge in [-0.05, 0) is 39.0 Å². The van der Waals surface area contributed by atoms with Crippen molar-refractivity contribution in [3.63, 3.8) is 0 Å². The maximum absolute atomic E-state index is 12.6. The van der Waals surface area contributed by atoms with Gasteiger partial charge in [0.25, 0.3) is 5.91 Å². The van der Waals surface area contributed by atoms with Gasteiger partial charge in [-0.1, -0.05) is 6.92 Å². The lowest BCUT2D eigenvalue weighted by atomic mass is 9.97. The highest BCUT2D eigenvalue weighted by Gasteiger charge is 2.30. The van der Waals surface area contributed by atoms with E-state index >= 15 is 0 Å². The van der Waals surface area contributed by atoms with Crippen LogP contribution >= 0.6 is 11.3 Å². The highest BCUT2D eigenvalue weighted by molar-refractivity contribution is 7.13. The van der Waals surface area contributed by atoms with E-state index < -0.39 is 0 Å². The molecule has 2 atom stereocenters. The van der Waals surface area contributed by atoms with Crippen molar-refractivity contribution in [2.24, 2.45) is 5.73 Å². The maximum atomic E-state index is 12.6. The topological polar surface area (TPSA) is 59.2 Å². The molecule has 4 nitrogen and oxygen atoms in total. The van der Waals surface area contributed by atoms with Crippen LogP contribution < -0.4 is 5.73 Å². The van der Waals surface area contributed by atoms with Crippen LogP contribution in [0.25, 0.3) is 0 Å². The van der Waals surface area contributed by atoms with Crippen LogP contribution in [0.1, 0.15) is 54.2 Å². The van der Waals surface area contributed by atoms with Crippen molar-refractivity contribution in [2.75, 3.05) is 6.54 Å². The van der Waals surface area contributed by atoms with Gasteiger partial charge in [0.05, 0.1) is 11.2 Å². The molecule has 1 aliphatic rings. The van der Waals surface area contributed by atoms with E-state index in [1.165, 1.54) is 17.8 Å². The van der Waals surface area contributed by atoms with Crippen molar-refractivity contribution in [3.05, 3.63) is 16.1 Å². The number of rotatable bonds is 4. The number of aryl methyl sites for hydroxylation is 1. The number of carbonyl (C=O) groups excluding carboxylic acids is 1. The summed E-state index contributed by atoms with van der Waals surface area (Å²) in [5.74, 6) is 0.113. The Morgan fingerprint density at radius 2 is 2.42 bits per heavy atom. The van der Waals surface area contributed by atoms with Gasteiger partial charge in [-0.2, -0.15) is 0 Å². The SMILES string of the molecule is CCCc1ncc(C(=O)N2CCCCC2C(C)N)s1. The average Bonchev–Trinajstić information content (AvgIpc) is 2.87. The van der Waals surface area contributed by atoms with E-state index in [0.29, 0.717) is 0 Å². The standard InChI is InChI=1S/C14H23N3OS/c1-3-6-13-16-9-12(19-13)14(18)17-8-5-4-7-11(17)10(2)15/h9-11H,3-8,15H2,1-2H3. The quantitative estimate of drug-likeness (QED) is 0.922. The van der Waals surface area contributed by atoms with Gasteiger partial charge >= 0.3 is 0 Å². The van der Waals surface area contributed by atoms with Crippen molar-refractivity contribution in [1.82, 2.24) is 9.88 Å². The Labute approximate surface area is 119 Å². The fourth-order valence-electron chi connectivity index (χ4n) is 2.64. The van der Waals surface area contributed by atoms with Gasteiger partial charge in [0.2, 0.25) is 0 Å². The molecule has 5 heteroatoms. The Bertz CT molecular complexity index is 430. The predicted molar refractivity (Wildman–Crippen MR) is 78.4 cm³/mol. The van der Waals surface area contributed by atoms with Gasteiger partial charge in [0, 0.05) is 18.6 Å². The summed E-state index contributed by atoms with van der Waals surface area (Å²) in [6.45, 7) is 4.94. The van der Waals surface area contributed by atoms with Crippen LogP contribution in [0.2, 0.25) is 0 Å². The summed E-state index contributed by atoms with van der Waals surface area (Å²) in [6.07, 6.45) is 7.01. The molecule has 1 amide bonds. The number of carbonyl (C=O) groups is 1. The number of nitrogens with zero attached hydrogens (tertiary/aromatic N) is 2. The molecule has 0 radical (unpaired) electrons. The molecular formula is C14H23N3OS. The van der Waals surface area contributed by atoms with Gasteiger partial charge in [-0.25, -0.2) is 4.98 Å². The Kier molecular flexibility index (Phi) is 4.93. The van der Waals surface area contributed by atoms with E-state index in [1.54, 1.807) is 6.20 Å². The lowest BCUT2D eigenvalue weighted by molar-refractivity contribution is 0.0588. The number of piperidine rings is 1. The third-order valence-corrected chi connectivity index (χ3v) is 4.69. The molecule has 106 valence electrons. The summed E-state index contributed by atoms with van der Waals surface area (Å²) in [6, 6.07) is 0.213. The fraction of sp³-hybridized carbons (Fsp3) is 0.714. The summed E-state index contributed by atoms with van der Waals surface area (Å²) in [7, 11) is 0. The number of likely N-dealkylation sites (tertiary alicyclic amines) is 1. The first kappa shape index (κ1) is 14.5. The van der Waals surface area contributed by atoms with Gasteiger partial charge in [0.15, 0.2) is 0 Å². The summed E-state index contributed by atoms with van der Waals surface area (Å²) >= 11 is 1.53. The van der Waals surface area contributed by atoms with E-state index in [4.69, 9.17) is 5.73 Å². The van der Waals surface area contributed by atoms with E-state index in [2.05, 4.69) is 11.9 Å². The molecular weight excluding hydrogens is 258 g/mol. The molecule has 0 aromatic carbocycles. The Morgan fingerprint density at radius 1 is 1.63 bits per heavy atom. The predicted octanol–water partition coefficient (Wildman–Crippen LogP) is 2.44. The third-order valence-electron chi connectivity index (χ3n) is 3.65. The molecule has 0 saturated carbocycles. The third kappa shape index (κ3) is 3.34. The molecule has 1 saturated heterocycles. The molecule has 0 aliphatic carbocycles. The fourth-order valence-corrected chi connectivity index (χ4v) is 3.61. The van der Waals surface area contributed by atoms with Crippen LogP contribution in [-0.4, -0.2) is 34.4 Å². The second kappa shape index (κ2) is 6.48. The molecule has 1 aliphatic heterocycles.